The molecular weight excluding hydrogens is 440 g/mol. The number of hydrogen-bond donors (Lipinski definition) is 2. The molecule has 0 aromatic heterocycles. The Kier molecular flexibility index (Phi) is 7.22. The van der Waals surface area contributed by atoms with Gasteiger partial charge in [-0.25, -0.2) is 0 Å². The normalized spacial score (nSPS) is 21.9. The van der Waals surface area contributed by atoms with Gasteiger partial charge in [0.25, 0.3) is 0 Å². The molecule has 0 radical (unpaired) electrons. The Morgan fingerprint density at radius 3 is 1.37 bits per heavy atom. The van der Waals surface area contributed by atoms with Gasteiger partial charge in [-0.05, 0) is 72.2 Å². The van der Waals surface area contributed by atoms with Crippen molar-refractivity contribution in [2.24, 2.45) is 0 Å². The summed E-state index contributed by atoms with van der Waals surface area (Å²) >= 11 is 0. The van der Waals surface area contributed by atoms with Gasteiger partial charge in [-0.1, -0.05) is 62.4 Å². The highest BCUT2D eigenvalue weighted by molar-refractivity contribution is 5.47. The summed E-state index contributed by atoms with van der Waals surface area (Å²) in [5.74, 6) is 0.570. The molecule has 2 heterocycles. The fourth-order valence-corrected chi connectivity index (χ4v) is 5.14. The largest absolute Gasteiger partial charge is 0.508 e. The van der Waals surface area contributed by atoms with Gasteiger partial charge in [0.05, 0.1) is 25.4 Å². The van der Waals surface area contributed by atoms with Crippen LogP contribution >= 0.6 is 0 Å². The van der Waals surface area contributed by atoms with Crippen molar-refractivity contribution in [1.29, 1.82) is 0 Å². The van der Waals surface area contributed by atoms with E-state index < -0.39 is 0 Å². The molecule has 4 N–H and O–H groups in total. The topological polar surface area (TPSA) is 97.0 Å². The van der Waals surface area contributed by atoms with E-state index in [-0.39, 0.29) is 27.8 Å². The van der Waals surface area contributed by atoms with E-state index in [9.17, 15) is 10.2 Å². The van der Waals surface area contributed by atoms with Crippen LogP contribution in [0.4, 0.5) is 0 Å². The lowest BCUT2D eigenvalue weighted by Crippen LogP contribution is -2.28. The van der Waals surface area contributed by atoms with Gasteiger partial charge in [0.2, 0.25) is 0 Å². The van der Waals surface area contributed by atoms with Crippen molar-refractivity contribution in [3.63, 3.8) is 0 Å². The summed E-state index contributed by atoms with van der Waals surface area (Å²) in [5.41, 5.74) is 4.52. The Labute approximate surface area is 207 Å². The highest BCUT2D eigenvalue weighted by atomic mass is 16.6. The predicted octanol–water partition coefficient (Wildman–Crippen LogP) is 5.24. The molecule has 35 heavy (non-hydrogen) atoms. The predicted molar refractivity (Wildman–Crippen MR) is 137 cm³/mol. The number of phenols is 2. The lowest BCUT2D eigenvalue weighted by molar-refractivity contribution is 0.366. The Morgan fingerprint density at radius 1 is 0.657 bits per heavy atom. The zero-order valence-corrected chi connectivity index (χ0v) is 20.5. The fourth-order valence-electron chi connectivity index (χ4n) is 5.14. The number of benzene rings is 3. The lowest BCUT2D eigenvalue weighted by Gasteiger charge is -2.35. The average molecular weight is 477 g/mol. The summed E-state index contributed by atoms with van der Waals surface area (Å²) in [6, 6.07) is 24.3. The first kappa shape index (κ1) is 25.2. The standard InChI is InChI=1S/C30H34O4.H2O/c1-29(16-14-27-19-33-27,21-6-10-25(31)11-7-21)23-4-3-5-24(18-23)30(2,17-15-28-20-34-28)22-8-12-26(32)13-9-22;/h3-13,18,27-28,31-32H,14-17,19-20H2,1-2H3;1H2. The molecule has 186 valence electrons. The van der Waals surface area contributed by atoms with E-state index in [0.717, 1.165) is 38.9 Å². The zero-order chi connectivity index (χ0) is 23.8. The van der Waals surface area contributed by atoms with Crippen LogP contribution in [0.25, 0.3) is 0 Å². The van der Waals surface area contributed by atoms with E-state index in [1.165, 1.54) is 22.3 Å². The molecule has 0 spiro atoms. The molecule has 2 saturated heterocycles. The van der Waals surface area contributed by atoms with Crippen LogP contribution in [0.2, 0.25) is 0 Å². The third-order valence-electron chi connectivity index (χ3n) is 7.88. The minimum atomic E-state index is -0.203. The van der Waals surface area contributed by atoms with E-state index in [1.807, 2.05) is 24.3 Å². The maximum absolute atomic E-state index is 9.88. The first-order valence-electron chi connectivity index (χ1n) is 12.3. The minimum Gasteiger partial charge on any atom is -0.508 e. The van der Waals surface area contributed by atoms with Crippen molar-refractivity contribution in [2.45, 2.75) is 62.6 Å². The van der Waals surface area contributed by atoms with Crippen LogP contribution in [0.5, 0.6) is 11.5 Å². The molecule has 5 heteroatoms. The molecule has 5 nitrogen and oxygen atoms in total. The molecule has 2 aliphatic heterocycles. The molecule has 4 unspecified atom stereocenters. The smallest absolute Gasteiger partial charge is 0.115 e. The molecule has 5 rings (SSSR count). The molecule has 0 aliphatic carbocycles. The van der Waals surface area contributed by atoms with Crippen LogP contribution in [0.15, 0.2) is 72.8 Å². The summed E-state index contributed by atoms with van der Waals surface area (Å²) in [6.45, 7) is 6.31. The summed E-state index contributed by atoms with van der Waals surface area (Å²) < 4.78 is 11.1. The number of epoxide rings is 2. The van der Waals surface area contributed by atoms with Crippen molar-refractivity contribution in [3.05, 3.63) is 95.1 Å². The van der Waals surface area contributed by atoms with Crippen LogP contribution in [0.1, 0.15) is 61.8 Å². The second-order valence-electron chi connectivity index (χ2n) is 10.3. The minimum absolute atomic E-state index is 0. The van der Waals surface area contributed by atoms with Crippen molar-refractivity contribution >= 4 is 0 Å². The second kappa shape index (κ2) is 10.0. The first-order valence-corrected chi connectivity index (χ1v) is 12.3. The van der Waals surface area contributed by atoms with Gasteiger partial charge in [0.15, 0.2) is 0 Å². The lowest BCUT2D eigenvalue weighted by atomic mass is 9.68. The average Bonchev–Trinajstić information content (AvgIpc) is 3.77. The van der Waals surface area contributed by atoms with Gasteiger partial charge in [0.1, 0.15) is 11.5 Å². The van der Waals surface area contributed by atoms with E-state index in [2.05, 4.69) is 38.1 Å². The van der Waals surface area contributed by atoms with Gasteiger partial charge >= 0.3 is 0 Å². The summed E-state index contributed by atoms with van der Waals surface area (Å²) in [7, 11) is 0. The molecule has 3 aromatic rings. The van der Waals surface area contributed by atoms with Gasteiger partial charge in [-0.2, -0.15) is 0 Å². The Morgan fingerprint density at radius 2 is 1.03 bits per heavy atom. The third kappa shape index (κ3) is 5.53. The molecule has 0 saturated carbocycles. The third-order valence-corrected chi connectivity index (χ3v) is 7.88. The summed E-state index contributed by atoms with van der Waals surface area (Å²) in [6.07, 6.45) is 4.68. The summed E-state index contributed by atoms with van der Waals surface area (Å²) in [5, 5.41) is 19.8. The monoisotopic (exact) mass is 476 g/mol. The SMILES string of the molecule is CC(CCC1CO1)(c1ccc(O)cc1)c1cccc(C(C)(CCC2CO2)c2ccc(O)cc2)c1.O. The van der Waals surface area contributed by atoms with Gasteiger partial charge < -0.3 is 25.2 Å². The Bertz CT molecular complexity index is 1030. The van der Waals surface area contributed by atoms with E-state index in [1.54, 1.807) is 24.3 Å². The van der Waals surface area contributed by atoms with Crippen molar-refractivity contribution in [1.82, 2.24) is 0 Å². The quantitative estimate of drug-likeness (QED) is 0.391. The zero-order valence-electron chi connectivity index (χ0n) is 20.5. The Hall–Kier alpha value is -2.86. The number of ether oxygens (including phenoxy) is 2. The maximum atomic E-state index is 9.88. The molecular formula is C30H36O5. The van der Waals surface area contributed by atoms with Gasteiger partial charge in [0, 0.05) is 10.8 Å². The van der Waals surface area contributed by atoms with Crippen molar-refractivity contribution < 1.29 is 25.2 Å². The maximum Gasteiger partial charge on any atom is 0.115 e. The van der Waals surface area contributed by atoms with Gasteiger partial charge in [-0.15, -0.1) is 0 Å². The first-order chi connectivity index (χ1) is 16.4. The molecule has 3 aromatic carbocycles. The van der Waals surface area contributed by atoms with Gasteiger partial charge in [-0.3, -0.25) is 0 Å². The van der Waals surface area contributed by atoms with Crippen LogP contribution in [-0.4, -0.2) is 41.1 Å². The van der Waals surface area contributed by atoms with Crippen LogP contribution < -0.4 is 0 Å². The highest BCUT2D eigenvalue weighted by Crippen LogP contribution is 2.43. The van der Waals surface area contributed by atoms with Crippen LogP contribution in [0, 0.1) is 0 Å². The fraction of sp³-hybridized carbons (Fsp3) is 0.400. The number of hydrogen-bond acceptors (Lipinski definition) is 4. The van der Waals surface area contributed by atoms with E-state index in [4.69, 9.17) is 9.47 Å². The molecule has 4 atom stereocenters. The molecule has 0 bridgehead atoms. The van der Waals surface area contributed by atoms with Crippen molar-refractivity contribution in [3.8, 4) is 11.5 Å². The van der Waals surface area contributed by atoms with E-state index in [0.29, 0.717) is 12.2 Å². The highest BCUT2D eigenvalue weighted by Gasteiger charge is 2.36. The second-order valence-corrected chi connectivity index (χ2v) is 10.3. The molecule has 2 aliphatic rings. The number of aromatic hydroxyl groups is 2. The van der Waals surface area contributed by atoms with Crippen molar-refractivity contribution in [2.75, 3.05) is 13.2 Å². The van der Waals surface area contributed by atoms with Crippen LogP contribution in [0.3, 0.4) is 0 Å². The molecule has 0 amide bonds. The van der Waals surface area contributed by atoms with E-state index >= 15 is 0 Å². The molecule has 2 fully saturated rings. The number of phenolic OH excluding ortho intramolecular Hbond substituents is 2. The number of rotatable bonds is 10. The summed E-state index contributed by atoms with van der Waals surface area (Å²) in [4.78, 5) is 0. The van der Waals surface area contributed by atoms with Crippen LogP contribution in [-0.2, 0) is 20.3 Å². The Balaban J connectivity index is 0.00000289.